The van der Waals surface area contributed by atoms with Crippen molar-refractivity contribution in [2.45, 2.75) is 26.7 Å². The van der Waals surface area contributed by atoms with E-state index in [-0.39, 0.29) is 24.9 Å². The molecule has 0 saturated carbocycles. The van der Waals surface area contributed by atoms with Crippen LogP contribution in [0.2, 0.25) is 0 Å². The molecule has 0 aliphatic carbocycles. The molecule has 1 fully saturated rings. The molecule has 19 heavy (non-hydrogen) atoms. The summed E-state index contributed by atoms with van der Waals surface area (Å²) in [5.74, 6) is -0.307. The van der Waals surface area contributed by atoms with Gasteiger partial charge in [-0.2, -0.15) is 0 Å². The topological polar surface area (TPSA) is 86.7 Å². The van der Waals surface area contributed by atoms with Crippen LogP contribution in [-0.2, 0) is 14.4 Å². The first-order valence-corrected chi connectivity index (χ1v) is 7.46. The highest BCUT2D eigenvalue weighted by atomic mass is 32.2. The summed E-state index contributed by atoms with van der Waals surface area (Å²) < 4.78 is 0. The molecule has 0 spiro atoms. The number of carbonyl (C=O) groups excluding carboxylic acids is 2. The number of rotatable bonds is 7. The number of carbonyl (C=O) groups is 3. The number of thioether (sulfide) groups is 1. The monoisotopic (exact) mass is 288 g/mol. The first-order valence-electron chi connectivity index (χ1n) is 6.30. The van der Waals surface area contributed by atoms with Crippen molar-refractivity contribution in [2.24, 2.45) is 5.41 Å². The third kappa shape index (κ3) is 3.86. The van der Waals surface area contributed by atoms with Crippen LogP contribution < -0.4 is 5.32 Å². The van der Waals surface area contributed by atoms with Crippen LogP contribution in [0.3, 0.4) is 0 Å². The van der Waals surface area contributed by atoms with E-state index < -0.39 is 11.4 Å². The van der Waals surface area contributed by atoms with Crippen LogP contribution in [-0.4, -0.2) is 52.5 Å². The normalized spacial score (nSPS) is 15.7. The molecule has 0 atom stereocenters. The quantitative estimate of drug-likeness (QED) is 0.713. The first kappa shape index (κ1) is 15.8. The van der Waals surface area contributed by atoms with Gasteiger partial charge in [0.25, 0.3) is 0 Å². The summed E-state index contributed by atoms with van der Waals surface area (Å²) in [5.41, 5.74) is -0.917. The van der Waals surface area contributed by atoms with Crippen molar-refractivity contribution in [1.29, 1.82) is 0 Å². The molecule has 0 aromatic heterocycles. The lowest BCUT2D eigenvalue weighted by atomic mass is 9.82. The van der Waals surface area contributed by atoms with E-state index in [9.17, 15) is 19.5 Å². The lowest BCUT2D eigenvalue weighted by molar-refractivity contribution is -0.149. The molecular weight excluding hydrogens is 268 g/mol. The van der Waals surface area contributed by atoms with E-state index >= 15 is 0 Å². The van der Waals surface area contributed by atoms with Crippen LogP contribution in [0, 0.1) is 5.41 Å². The molecule has 1 aliphatic heterocycles. The minimum Gasteiger partial charge on any atom is -0.481 e. The minimum absolute atomic E-state index is 0.00889. The lowest BCUT2D eigenvalue weighted by Crippen LogP contribution is -2.45. The van der Waals surface area contributed by atoms with Crippen molar-refractivity contribution in [2.75, 3.05) is 24.7 Å². The Morgan fingerprint density at radius 2 is 2.05 bits per heavy atom. The highest BCUT2D eigenvalue weighted by molar-refractivity contribution is 8.00. The van der Waals surface area contributed by atoms with Crippen molar-refractivity contribution in [3.05, 3.63) is 0 Å². The number of nitrogens with one attached hydrogen (secondary N) is 1. The van der Waals surface area contributed by atoms with E-state index in [0.29, 0.717) is 24.5 Å². The molecule has 1 rings (SSSR count). The van der Waals surface area contributed by atoms with Crippen molar-refractivity contribution >= 4 is 29.5 Å². The van der Waals surface area contributed by atoms with Crippen molar-refractivity contribution in [1.82, 2.24) is 10.2 Å². The summed E-state index contributed by atoms with van der Waals surface area (Å²) in [5, 5.41) is 11.9. The lowest BCUT2D eigenvalue weighted by Gasteiger charge is -2.27. The number of aliphatic carboxylic acids is 1. The fourth-order valence-corrected chi connectivity index (χ4v) is 2.82. The van der Waals surface area contributed by atoms with Crippen LogP contribution in [0.4, 0.5) is 0 Å². The standard InChI is InChI=1S/C12H20N2O4S/c1-3-12(4-2,11(17)18)7-13-9(15)5-14-8-19-6-10(14)16/h3-8H2,1-2H3,(H,13,15)(H,17,18). The average Bonchev–Trinajstić information content (AvgIpc) is 2.76. The van der Waals surface area contributed by atoms with Gasteiger partial charge in [-0.05, 0) is 12.8 Å². The zero-order chi connectivity index (χ0) is 14.5. The van der Waals surface area contributed by atoms with Gasteiger partial charge in [-0.25, -0.2) is 0 Å². The van der Waals surface area contributed by atoms with Gasteiger partial charge < -0.3 is 15.3 Å². The minimum atomic E-state index is -0.917. The number of carboxylic acid groups (broad SMARTS) is 1. The number of nitrogens with zero attached hydrogens (tertiary/aromatic N) is 1. The maximum absolute atomic E-state index is 11.7. The number of hydrogen-bond donors (Lipinski definition) is 2. The van der Waals surface area contributed by atoms with Crippen LogP contribution in [0.1, 0.15) is 26.7 Å². The van der Waals surface area contributed by atoms with Gasteiger partial charge in [-0.3, -0.25) is 14.4 Å². The van der Waals surface area contributed by atoms with E-state index in [0.717, 1.165) is 0 Å². The van der Waals surface area contributed by atoms with E-state index in [1.54, 1.807) is 13.8 Å². The van der Waals surface area contributed by atoms with E-state index in [1.165, 1.54) is 16.7 Å². The Bertz CT molecular complexity index is 369. The number of carboxylic acids is 1. The second-order valence-electron chi connectivity index (χ2n) is 4.64. The van der Waals surface area contributed by atoms with E-state index in [4.69, 9.17) is 0 Å². The Kier molecular flexibility index (Phi) is 5.65. The van der Waals surface area contributed by atoms with Crippen molar-refractivity contribution in [3.63, 3.8) is 0 Å². The van der Waals surface area contributed by atoms with Gasteiger partial charge in [-0.15, -0.1) is 11.8 Å². The summed E-state index contributed by atoms with van der Waals surface area (Å²) in [6, 6.07) is 0. The van der Waals surface area contributed by atoms with Crippen LogP contribution >= 0.6 is 11.8 Å². The molecule has 0 unspecified atom stereocenters. The molecular formula is C12H20N2O4S. The summed E-state index contributed by atoms with van der Waals surface area (Å²) in [6.07, 6.45) is 0.912. The van der Waals surface area contributed by atoms with Crippen LogP contribution in [0.15, 0.2) is 0 Å². The summed E-state index contributed by atoms with van der Waals surface area (Å²) >= 11 is 1.47. The van der Waals surface area contributed by atoms with Crippen molar-refractivity contribution < 1.29 is 19.5 Å². The highest BCUT2D eigenvalue weighted by Crippen LogP contribution is 2.25. The molecule has 7 heteroatoms. The summed E-state index contributed by atoms with van der Waals surface area (Å²) in [7, 11) is 0. The van der Waals surface area contributed by atoms with Crippen molar-refractivity contribution in [3.8, 4) is 0 Å². The molecule has 2 amide bonds. The Labute approximate surface area is 116 Å². The summed E-state index contributed by atoms with van der Waals surface area (Å²) in [6.45, 7) is 3.70. The molecule has 2 N–H and O–H groups in total. The third-order valence-electron chi connectivity index (χ3n) is 3.59. The molecule has 1 heterocycles. The largest absolute Gasteiger partial charge is 0.481 e. The van der Waals surface area contributed by atoms with E-state index in [2.05, 4.69) is 5.32 Å². The fraction of sp³-hybridized carbons (Fsp3) is 0.750. The Balaban J connectivity index is 2.48. The molecule has 0 bridgehead atoms. The fourth-order valence-electron chi connectivity index (χ4n) is 1.92. The molecule has 0 aromatic rings. The number of hydrogen-bond acceptors (Lipinski definition) is 4. The Morgan fingerprint density at radius 1 is 1.42 bits per heavy atom. The smallest absolute Gasteiger partial charge is 0.311 e. The van der Waals surface area contributed by atoms with Gasteiger partial charge in [0.05, 0.1) is 17.0 Å². The summed E-state index contributed by atoms with van der Waals surface area (Å²) in [4.78, 5) is 35.8. The molecule has 0 aromatic carbocycles. The maximum Gasteiger partial charge on any atom is 0.311 e. The zero-order valence-corrected chi connectivity index (χ0v) is 12.1. The Morgan fingerprint density at radius 3 is 2.47 bits per heavy atom. The number of amides is 2. The first-order chi connectivity index (χ1) is 8.95. The SMILES string of the molecule is CCC(CC)(CNC(=O)CN1CSCC1=O)C(=O)O. The second-order valence-corrected chi connectivity index (χ2v) is 5.59. The third-order valence-corrected chi connectivity index (χ3v) is 4.54. The maximum atomic E-state index is 11.7. The van der Waals surface area contributed by atoms with Gasteiger partial charge in [0.2, 0.25) is 11.8 Å². The van der Waals surface area contributed by atoms with Gasteiger partial charge in [0.15, 0.2) is 0 Å². The highest BCUT2D eigenvalue weighted by Gasteiger charge is 2.35. The molecule has 108 valence electrons. The average molecular weight is 288 g/mol. The van der Waals surface area contributed by atoms with E-state index in [1.807, 2.05) is 0 Å². The predicted octanol–water partition coefficient (Wildman–Crippen LogP) is 0.527. The van der Waals surface area contributed by atoms with Crippen LogP contribution in [0.5, 0.6) is 0 Å². The molecule has 1 aliphatic rings. The van der Waals surface area contributed by atoms with Gasteiger partial charge >= 0.3 is 5.97 Å². The second kappa shape index (κ2) is 6.79. The van der Waals surface area contributed by atoms with Crippen LogP contribution in [0.25, 0.3) is 0 Å². The van der Waals surface area contributed by atoms with Gasteiger partial charge in [0, 0.05) is 6.54 Å². The van der Waals surface area contributed by atoms with Gasteiger partial charge in [0.1, 0.15) is 6.54 Å². The molecule has 1 saturated heterocycles. The zero-order valence-electron chi connectivity index (χ0n) is 11.3. The molecule has 6 nitrogen and oxygen atoms in total. The predicted molar refractivity (Wildman–Crippen MR) is 72.7 cm³/mol. The Hall–Kier alpha value is -1.24. The molecule has 0 radical (unpaired) electrons. The van der Waals surface area contributed by atoms with Gasteiger partial charge in [-0.1, -0.05) is 13.8 Å².